The van der Waals surface area contributed by atoms with E-state index in [0.717, 1.165) is 16.7 Å². The van der Waals surface area contributed by atoms with Gasteiger partial charge >= 0.3 is 5.97 Å². The monoisotopic (exact) mass is 376 g/mol. The van der Waals surface area contributed by atoms with Crippen LogP contribution in [0.25, 0.3) is 0 Å². The molecule has 26 heavy (non-hydrogen) atoms. The van der Waals surface area contributed by atoms with Gasteiger partial charge in [-0.3, -0.25) is 4.79 Å². The molecule has 0 radical (unpaired) electrons. The summed E-state index contributed by atoms with van der Waals surface area (Å²) in [7, 11) is 1.49. The molecule has 2 rings (SSSR count). The lowest BCUT2D eigenvalue weighted by Crippen LogP contribution is -2.20. The highest BCUT2D eigenvalue weighted by atomic mass is 35.5. The van der Waals surface area contributed by atoms with E-state index in [2.05, 4.69) is 0 Å². The Morgan fingerprint density at radius 2 is 1.65 bits per heavy atom. The van der Waals surface area contributed by atoms with Gasteiger partial charge in [-0.25, -0.2) is 4.79 Å². The summed E-state index contributed by atoms with van der Waals surface area (Å²) in [4.78, 5) is 24.0. The number of halogens is 1. The molecule has 0 fully saturated rings. The molecule has 2 aromatic rings. The minimum Gasteiger partial charge on any atom is -0.495 e. The molecule has 0 bridgehead atoms. The van der Waals surface area contributed by atoms with E-state index in [1.165, 1.54) is 13.2 Å². The lowest BCUT2D eigenvalue weighted by atomic mass is 10.1. The van der Waals surface area contributed by atoms with Crippen LogP contribution in [0, 0.1) is 20.8 Å². The van der Waals surface area contributed by atoms with Crippen LogP contribution in [0.4, 0.5) is 0 Å². The van der Waals surface area contributed by atoms with Gasteiger partial charge in [0.05, 0.1) is 12.1 Å². The van der Waals surface area contributed by atoms with Crippen molar-refractivity contribution in [1.82, 2.24) is 0 Å². The first kappa shape index (κ1) is 19.8. The smallest absolute Gasteiger partial charge is 0.344 e. The number of rotatable bonds is 7. The van der Waals surface area contributed by atoms with E-state index in [1.54, 1.807) is 12.1 Å². The molecule has 0 amide bonds. The summed E-state index contributed by atoms with van der Waals surface area (Å²) < 4.78 is 15.6. The van der Waals surface area contributed by atoms with E-state index in [9.17, 15) is 9.59 Å². The van der Waals surface area contributed by atoms with E-state index in [4.69, 9.17) is 25.8 Å². The summed E-state index contributed by atoms with van der Waals surface area (Å²) >= 11 is 5.99. The predicted octanol–water partition coefficient (Wildman–Crippen LogP) is 4.08. The number of benzene rings is 2. The number of carbonyl (C=O) groups excluding carboxylic acids is 2. The highest BCUT2D eigenvalue weighted by molar-refractivity contribution is 6.32. The minimum absolute atomic E-state index is 0.263. The highest BCUT2D eigenvalue weighted by Gasteiger charge is 2.14. The zero-order valence-electron chi connectivity index (χ0n) is 15.2. The Bertz CT molecular complexity index is 806. The quantitative estimate of drug-likeness (QED) is 0.538. The predicted molar refractivity (Wildman–Crippen MR) is 99.4 cm³/mol. The molecule has 0 N–H and O–H groups in total. The molecular formula is C20H21ClO5. The first-order valence-corrected chi connectivity index (χ1v) is 8.42. The molecule has 0 aliphatic rings. The summed E-state index contributed by atoms with van der Waals surface area (Å²) in [6, 6.07) is 8.58. The highest BCUT2D eigenvalue weighted by Crippen LogP contribution is 2.25. The average molecular weight is 377 g/mol. The van der Waals surface area contributed by atoms with E-state index in [-0.39, 0.29) is 19.0 Å². The van der Waals surface area contributed by atoms with Crippen molar-refractivity contribution in [3.8, 4) is 11.5 Å². The molecule has 0 aliphatic carbocycles. The molecule has 5 nitrogen and oxygen atoms in total. The van der Waals surface area contributed by atoms with Gasteiger partial charge in [0.25, 0.3) is 0 Å². The fourth-order valence-corrected chi connectivity index (χ4v) is 2.89. The molecule has 2 aromatic carbocycles. The van der Waals surface area contributed by atoms with Crippen LogP contribution < -0.4 is 9.47 Å². The zero-order valence-corrected chi connectivity index (χ0v) is 16.0. The molecule has 138 valence electrons. The van der Waals surface area contributed by atoms with Crippen molar-refractivity contribution >= 4 is 23.4 Å². The molecule has 0 unspecified atom stereocenters. The van der Waals surface area contributed by atoms with Crippen LogP contribution in [0.15, 0.2) is 30.3 Å². The Morgan fingerprint density at radius 1 is 1.00 bits per heavy atom. The van der Waals surface area contributed by atoms with Crippen LogP contribution >= 0.6 is 11.6 Å². The van der Waals surface area contributed by atoms with Crippen LogP contribution in [-0.2, 0) is 9.53 Å². The molecule has 0 atom stereocenters. The Labute approximate surface area is 157 Å². The van der Waals surface area contributed by atoms with Gasteiger partial charge in [-0.05, 0) is 50.1 Å². The summed E-state index contributed by atoms with van der Waals surface area (Å²) in [6.07, 6.45) is 0. The fourth-order valence-electron chi connectivity index (χ4n) is 2.64. The van der Waals surface area contributed by atoms with Crippen molar-refractivity contribution < 1.29 is 23.8 Å². The van der Waals surface area contributed by atoms with Crippen molar-refractivity contribution in [3.63, 3.8) is 0 Å². The number of hydrogen-bond acceptors (Lipinski definition) is 5. The number of carbonyl (C=O) groups is 2. The number of hydrogen-bond donors (Lipinski definition) is 0. The van der Waals surface area contributed by atoms with E-state index >= 15 is 0 Å². The van der Waals surface area contributed by atoms with Crippen LogP contribution in [0.5, 0.6) is 11.5 Å². The second-order valence-electron chi connectivity index (χ2n) is 5.95. The van der Waals surface area contributed by atoms with Gasteiger partial charge in [0, 0.05) is 5.56 Å². The lowest BCUT2D eigenvalue weighted by Gasteiger charge is -2.12. The van der Waals surface area contributed by atoms with Crippen LogP contribution in [0.1, 0.15) is 27.0 Å². The number of ether oxygens (including phenoxy) is 3. The summed E-state index contributed by atoms with van der Waals surface area (Å²) in [5, 5.41) is 0.318. The Kier molecular flexibility index (Phi) is 6.64. The SMILES string of the molecule is COc1ccc(C(=O)COC(=O)COc2c(C)cc(C)cc2C)cc1Cl. The van der Waals surface area contributed by atoms with Gasteiger partial charge in [-0.2, -0.15) is 0 Å². The Morgan fingerprint density at radius 3 is 2.23 bits per heavy atom. The number of aryl methyl sites for hydroxylation is 3. The van der Waals surface area contributed by atoms with Crippen molar-refractivity contribution in [2.75, 3.05) is 20.3 Å². The molecule has 0 spiro atoms. The zero-order chi connectivity index (χ0) is 19.3. The third-order valence-corrected chi connectivity index (χ3v) is 4.07. The number of methoxy groups -OCH3 is 1. The molecule has 0 aliphatic heterocycles. The van der Waals surface area contributed by atoms with Crippen molar-refractivity contribution in [1.29, 1.82) is 0 Å². The molecule has 6 heteroatoms. The summed E-state index contributed by atoms with van der Waals surface area (Å²) in [6.45, 7) is 5.18. The van der Waals surface area contributed by atoms with Crippen molar-refractivity contribution in [2.45, 2.75) is 20.8 Å². The molecular weight excluding hydrogens is 356 g/mol. The molecule has 0 heterocycles. The minimum atomic E-state index is -0.614. The third kappa shape index (κ3) is 4.99. The van der Waals surface area contributed by atoms with Crippen molar-refractivity contribution in [2.24, 2.45) is 0 Å². The van der Waals surface area contributed by atoms with Gasteiger partial charge in [0.2, 0.25) is 0 Å². The summed E-state index contributed by atoms with van der Waals surface area (Å²) in [5.41, 5.74) is 3.35. The van der Waals surface area contributed by atoms with Crippen molar-refractivity contribution in [3.05, 3.63) is 57.6 Å². The largest absolute Gasteiger partial charge is 0.495 e. The Balaban J connectivity index is 1.89. The normalized spacial score (nSPS) is 10.3. The maximum atomic E-state index is 12.1. The maximum Gasteiger partial charge on any atom is 0.344 e. The first-order valence-electron chi connectivity index (χ1n) is 8.05. The van der Waals surface area contributed by atoms with Gasteiger partial charge in [0.15, 0.2) is 19.0 Å². The maximum absolute atomic E-state index is 12.1. The van der Waals surface area contributed by atoms with Crippen LogP contribution in [0.3, 0.4) is 0 Å². The number of ketones is 1. The van der Waals surface area contributed by atoms with Gasteiger partial charge < -0.3 is 14.2 Å². The van der Waals surface area contributed by atoms with Crippen LogP contribution in [-0.4, -0.2) is 32.1 Å². The summed E-state index contributed by atoms with van der Waals surface area (Å²) in [5.74, 6) is 0.154. The van der Waals surface area contributed by atoms with Gasteiger partial charge in [0.1, 0.15) is 11.5 Å². The fraction of sp³-hybridized carbons (Fsp3) is 0.300. The van der Waals surface area contributed by atoms with E-state index in [0.29, 0.717) is 22.1 Å². The van der Waals surface area contributed by atoms with Gasteiger partial charge in [-0.1, -0.05) is 29.3 Å². The second kappa shape index (κ2) is 8.72. The molecule has 0 saturated carbocycles. The van der Waals surface area contributed by atoms with Crippen LogP contribution in [0.2, 0.25) is 5.02 Å². The number of esters is 1. The average Bonchev–Trinajstić information content (AvgIpc) is 2.58. The molecule has 0 saturated heterocycles. The second-order valence-corrected chi connectivity index (χ2v) is 6.36. The van der Waals surface area contributed by atoms with Gasteiger partial charge in [-0.15, -0.1) is 0 Å². The number of Topliss-reactive ketones (excluding diaryl/α,β-unsaturated/α-hetero) is 1. The molecule has 0 aromatic heterocycles. The first-order chi connectivity index (χ1) is 12.3. The Hall–Kier alpha value is -2.53. The third-order valence-electron chi connectivity index (χ3n) is 3.78. The topological polar surface area (TPSA) is 61.8 Å². The standard InChI is InChI=1S/C20H21ClO5/c1-12-7-13(2)20(14(3)8-12)26-11-19(23)25-10-17(22)15-5-6-18(24-4)16(21)9-15/h5-9H,10-11H2,1-4H3. The lowest BCUT2D eigenvalue weighted by molar-refractivity contribution is -0.144. The van der Waals surface area contributed by atoms with E-state index in [1.807, 2.05) is 32.9 Å². The van der Waals surface area contributed by atoms with E-state index < -0.39 is 5.97 Å².